The lowest BCUT2D eigenvalue weighted by atomic mass is 9.85. The molecule has 1 spiro atoms. The third-order valence-corrected chi connectivity index (χ3v) is 3.41. The summed E-state index contributed by atoms with van der Waals surface area (Å²) in [6.45, 7) is 7.15. The summed E-state index contributed by atoms with van der Waals surface area (Å²) in [4.78, 5) is 2.65. The lowest BCUT2D eigenvalue weighted by molar-refractivity contribution is -0.0547. The summed E-state index contributed by atoms with van der Waals surface area (Å²) < 4.78 is 0. The van der Waals surface area contributed by atoms with Crippen LogP contribution in [0, 0.1) is 0 Å². The van der Waals surface area contributed by atoms with Gasteiger partial charge in [0.15, 0.2) is 0 Å². The van der Waals surface area contributed by atoms with Crippen LogP contribution in [0.1, 0.15) is 39.5 Å². The van der Waals surface area contributed by atoms with E-state index in [-0.39, 0.29) is 0 Å². The van der Waals surface area contributed by atoms with Crippen molar-refractivity contribution in [1.82, 2.24) is 10.2 Å². The predicted molar refractivity (Wildman–Crippen MR) is 51.0 cm³/mol. The molecule has 0 aliphatic carbocycles. The Bertz CT molecular complexity index is 161. The Labute approximate surface area is 75.3 Å². The number of likely N-dealkylation sites (tertiary alicyclic amines) is 1. The quantitative estimate of drug-likeness (QED) is 0.639. The van der Waals surface area contributed by atoms with E-state index in [1.165, 1.54) is 38.8 Å². The number of piperidine rings is 1. The monoisotopic (exact) mass is 168 g/mol. The highest BCUT2D eigenvalue weighted by atomic mass is 15.4. The largest absolute Gasteiger partial charge is 0.299 e. The second-order valence-electron chi connectivity index (χ2n) is 4.45. The first-order valence-electron chi connectivity index (χ1n) is 5.26. The second kappa shape index (κ2) is 3.00. The Morgan fingerprint density at radius 3 is 2.42 bits per heavy atom. The van der Waals surface area contributed by atoms with Crippen molar-refractivity contribution in [3.8, 4) is 0 Å². The van der Waals surface area contributed by atoms with Crippen molar-refractivity contribution in [2.45, 2.75) is 51.2 Å². The summed E-state index contributed by atoms with van der Waals surface area (Å²) in [7, 11) is 0. The van der Waals surface area contributed by atoms with E-state index in [1.54, 1.807) is 0 Å². The van der Waals surface area contributed by atoms with Gasteiger partial charge in [0.2, 0.25) is 0 Å². The average molecular weight is 168 g/mol. The highest BCUT2D eigenvalue weighted by molar-refractivity contribution is 4.99. The maximum atomic E-state index is 3.62. The van der Waals surface area contributed by atoms with Crippen molar-refractivity contribution in [3.63, 3.8) is 0 Å². The van der Waals surface area contributed by atoms with Gasteiger partial charge in [-0.15, -0.1) is 0 Å². The van der Waals surface area contributed by atoms with E-state index in [2.05, 4.69) is 24.1 Å². The molecule has 2 fully saturated rings. The Morgan fingerprint density at radius 1 is 1.25 bits per heavy atom. The summed E-state index contributed by atoms with van der Waals surface area (Å²) in [5.74, 6) is 0. The lowest BCUT2D eigenvalue weighted by Crippen LogP contribution is -2.70. The number of hydrogen-bond donors (Lipinski definition) is 1. The zero-order chi connectivity index (χ0) is 8.60. The molecule has 0 saturated carbocycles. The van der Waals surface area contributed by atoms with Crippen LogP contribution in [0.5, 0.6) is 0 Å². The first-order chi connectivity index (χ1) is 5.75. The van der Waals surface area contributed by atoms with Gasteiger partial charge in [0, 0.05) is 12.6 Å². The third-order valence-electron chi connectivity index (χ3n) is 3.41. The number of hydrogen-bond acceptors (Lipinski definition) is 2. The normalized spacial score (nSPS) is 37.2. The zero-order valence-corrected chi connectivity index (χ0v) is 8.27. The third kappa shape index (κ3) is 1.17. The van der Waals surface area contributed by atoms with Crippen molar-refractivity contribution < 1.29 is 0 Å². The van der Waals surface area contributed by atoms with Crippen molar-refractivity contribution in [1.29, 1.82) is 0 Å². The average Bonchev–Trinajstić information content (AvgIpc) is 2.01. The minimum atomic E-state index is 0.423. The van der Waals surface area contributed by atoms with Gasteiger partial charge in [-0.3, -0.25) is 10.2 Å². The molecule has 12 heavy (non-hydrogen) atoms. The molecule has 2 nitrogen and oxygen atoms in total. The summed E-state index contributed by atoms with van der Waals surface area (Å²) in [5.41, 5.74) is 0.423. The number of rotatable bonds is 1. The van der Waals surface area contributed by atoms with Crippen LogP contribution in [-0.2, 0) is 0 Å². The topological polar surface area (TPSA) is 15.3 Å². The molecule has 2 aliphatic rings. The molecule has 2 heterocycles. The smallest absolute Gasteiger partial charge is 0.0726 e. The van der Waals surface area contributed by atoms with Gasteiger partial charge in [-0.2, -0.15) is 0 Å². The van der Waals surface area contributed by atoms with E-state index >= 15 is 0 Å². The van der Waals surface area contributed by atoms with Crippen molar-refractivity contribution in [3.05, 3.63) is 0 Å². The Morgan fingerprint density at radius 2 is 2.00 bits per heavy atom. The molecule has 0 aromatic heterocycles. The SMILES string of the molecule is CC(C)N1CCCC[C@@]12CCN2. The van der Waals surface area contributed by atoms with Crippen LogP contribution < -0.4 is 5.32 Å². The molecule has 0 amide bonds. The fourth-order valence-corrected chi connectivity index (χ4v) is 2.68. The Balaban J connectivity index is 2.06. The van der Waals surface area contributed by atoms with Crippen molar-refractivity contribution >= 4 is 0 Å². The van der Waals surface area contributed by atoms with Gasteiger partial charge < -0.3 is 0 Å². The summed E-state index contributed by atoms with van der Waals surface area (Å²) in [6, 6.07) is 0.707. The van der Waals surface area contributed by atoms with E-state index in [9.17, 15) is 0 Å². The van der Waals surface area contributed by atoms with Gasteiger partial charge in [0.1, 0.15) is 0 Å². The second-order valence-corrected chi connectivity index (χ2v) is 4.45. The zero-order valence-electron chi connectivity index (χ0n) is 8.27. The fourth-order valence-electron chi connectivity index (χ4n) is 2.68. The van der Waals surface area contributed by atoms with Crippen LogP contribution in [0.15, 0.2) is 0 Å². The summed E-state index contributed by atoms with van der Waals surface area (Å²) >= 11 is 0. The van der Waals surface area contributed by atoms with E-state index < -0.39 is 0 Å². The molecule has 2 aliphatic heterocycles. The Hall–Kier alpha value is -0.0800. The molecule has 1 atom stereocenters. The van der Waals surface area contributed by atoms with Crippen LogP contribution >= 0.6 is 0 Å². The minimum Gasteiger partial charge on any atom is -0.299 e. The molecule has 1 N–H and O–H groups in total. The molecule has 0 aromatic carbocycles. The summed E-state index contributed by atoms with van der Waals surface area (Å²) in [6.07, 6.45) is 5.54. The standard InChI is InChI=1S/C10H20N2/c1-9(2)12-8-4-3-5-10(12)6-7-11-10/h9,11H,3-8H2,1-2H3/t10-/m0/s1. The van der Waals surface area contributed by atoms with Gasteiger partial charge in [0.25, 0.3) is 0 Å². The van der Waals surface area contributed by atoms with Gasteiger partial charge in [-0.25, -0.2) is 0 Å². The van der Waals surface area contributed by atoms with Crippen LogP contribution in [-0.4, -0.2) is 29.7 Å². The van der Waals surface area contributed by atoms with Crippen LogP contribution in [0.4, 0.5) is 0 Å². The predicted octanol–water partition coefficient (Wildman–Crippen LogP) is 1.57. The maximum Gasteiger partial charge on any atom is 0.0726 e. The molecule has 0 aromatic rings. The molecule has 70 valence electrons. The van der Waals surface area contributed by atoms with E-state index in [0.29, 0.717) is 11.7 Å². The highest BCUT2D eigenvalue weighted by Gasteiger charge is 2.44. The van der Waals surface area contributed by atoms with Crippen LogP contribution in [0.2, 0.25) is 0 Å². The van der Waals surface area contributed by atoms with Gasteiger partial charge in [-0.05, 0) is 46.1 Å². The number of nitrogens with one attached hydrogen (secondary N) is 1. The Kier molecular flexibility index (Phi) is 2.13. The lowest BCUT2D eigenvalue weighted by Gasteiger charge is -2.55. The first-order valence-corrected chi connectivity index (χ1v) is 5.26. The number of nitrogens with zero attached hydrogens (tertiary/aromatic N) is 1. The van der Waals surface area contributed by atoms with Gasteiger partial charge in [0.05, 0.1) is 5.66 Å². The molecular weight excluding hydrogens is 148 g/mol. The van der Waals surface area contributed by atoms with Crippen LogP contribution in [0.3, 0.4) is 0 Å². The molecular formula is C10H20N2. The van der Waals surface area contributed by atoms with E-state index in [1.807, 2.05) is 0 Å². The van der Waals surface area contributed by atoms with Gasteiger partial charge in [-0.1, -0.05) is 0 Å². The molecule has 2 saturated heterocycles. The fraction of sp³-hybridized carbons (Fsp3) is 1.00. The van der Waals surface area contributed by atoms with E-state index in [0.717, 1.165) is 0 Å². The highest BCUT2D eigenvalue weighted by Crippen LogP contribution is 2.34. The van der Waals surface area contributed by atoms with Crippen LogP contribution in [0.25, 0.3) is 0 Å². The molecule has 0 radical (unpaired) electrons. The van der Waals surface area contributed by atoms with Crippen molar-refractivity contribution in [2.24, 2.45) is 0 Å². The first kappa shape index (κ1) is 8.52. The molecule has 0 bridgehead atoms. The molecule has 2 heteroatoms. The molecule has 2 rings (SSSR count). The molecule has 0 unspecified atom stereocenters. The minimum absolute atomic E-state index is 0.423. The van der Waals surface area contributed by atoms with Gasteiger partial charge >= 0.3 is 0 Å². The van der Waals surface area contributed by atoms with E-state index in [4.69, 9.17) is 0 Å². The summed E-state index contributed by atoms with van der Waals surface area (Å²) in [5, 5.41) is 3.62. The van der Waals surface area contributed by atoms with Crippen molar-refractivity contribution in [2.75, 3.05) is 13.1 Å². The maximum absolute atomic E-state index is 3.62.